The Labute approximate surface area is 138 Å². The summed E-state index contributed by atoms with van der Waals surface area (Å²) in [5, 5.41) is 12.4. The summed E-state index contributed by atoms with van der Waals surface area (Å²) in [7, 11) is 1.52. The Bertz CT molecular complexity index is 744. The topological polar surface area (TPSA) is 91.4 Å². The number of hydrogen-bond acceptors (Lipinski definition) is 5. The molecule has 2 aromatic rings. The van der Waals surface area contributed by atoms with Crippen LogP contribution in [-0.4, -0.2) is 47.8 Å². The molecule has 1 aromatic heterocycles. The lowest BCUT2D eigenvalue weighted by Gasteiger charge is -2.15. The van der Waals surface area contributed by atoms with E-state index < -0.39 is 5.91 Å². The van der Waals surface area contributed by atoms with Gasteiger partial charge in [0, 0.05) is 6.20 Å². The van der Waals surface area contributed by atoms with Gasteiger partial charge in [-0.05, 0) is 30.6 Å². The lowest BCUT2D eigenvalue weighted by molar-refractivity contribution is 0.0914. The summed E-state index contributed by atoms with van der Waals surface area (Å²) in [4.78, 5) is 27.8. The molecule has 0 fully saturated rings. The summed E-state index contributed by atoms with van der Waals surface area (Å²) in [5.74, 6) is 0.868. The largest absolute Gasteiger partial charge is 0.495 e. The SMILES string of the molecule is COc1cccc2c(=O)c(C(=O)N[C@H](CO)CCSC)c[nH]c12. The number of pyridine rings is 1. The molecule has 1 atom stereocenters. The Morgan fingerprint density at radius 1 is 1.48 bits per heavy atom. The summed E-state index contributed by atoms with van der Waals surface area (Å²) in [6, 6.07) is 4.72. The number of aliphatic hydroxyl groups excluding tert-OH is 1. The zero-order valence-corrected chi connectivity index (χ0v) is 13.9. The van der Waals surface area contributed by atoms with Crippen LogP contribution in [-0.2, 0) is 0 Å². The summed E-state index contributed by atoms with van der Waals surface area (Å²) in [5.41, 5.74) is 0.211. The highest BCUT2D eigenvalue weighted by Gasteiger charge is 2.17. The van der Waals surface area contributed by atoms with Crippen LogP contribution in [0.1, 0.15) is 16.8 Å². The number of H-pyrrole nitrogens is 1. The van der Waals surface area contributed by atoms with Gasteiger partial charge in [0.1, 0.15) is 11.3 Å². The number of para-hydroxylation sites is 1. The number of aromatic nitrogens is 1. The Kier molecular flexibility index (Phi) is 6.06. The Balaban J connectivity index is 2.31. The van der Waals surface area contributed by atoms with E-state index >= 15 is 0 Å². The smallest absolute Gasteiger partial charge is 0.257 e. The van der Waals surface area contributed by atoms with Crippen molar-refractivity contribution in [3.63, 3.8) is 0 Å². The summed E-state index contributed by atoms with van der Waals surface area (Å²) in [6.07, 6.45) is 3.98. The predicted octanol–water partition coefficient (Wildman–Crippen LogP) is 1.38. The zero-order valence-electron chi connectivity index (χ0n) is 13.1. The second-order valence-corrected chi connectivity index (χ2v) is 6.03. The molecule has 124 valence electrons. The highest BCUT2D eigenvalue weighted by atomic mass is 32.2. The number of aliphatic hydroxyl groups is 1. The Hall–Kier alpha value is -1.99. The number of fused-ring (bicyclic) bond motifs is 1. The lowest BCUT2D eigenvalue weighted by atomic mass is 10.1. The van der Waals surface area contributed by atoms with Crippen molar-refractivity contribution in [2.75, 3.05) is 25.7 Å². The van der Waals surface area contributed by atoms with Gasteiger partial charge in [0.25, 0.3) is 5.91 Å². The van der Waals surface area contributed by atoms with Gasteiger partial charge in [-0.1, -0.05) is 6.07 Å². The average molecular weight is 336 g/mol. The Morgan fingerprint density at radius 2 is 2.26 bits per heavy atom. The van der Waals surface area contributed by atoms with Crippen molar-refractivity contribution in [2.24, 2.45) is 0 Å². The summed E-state index contributed by atoms with van der Waals surface area (Å²) >= 11 is 1.63. The van der Waals surface area contributed by atoms with Gasteiger partial charge in [-0.15, -0.1) is 0 Å². The van der Waals surface area contributed by atoms with Crippen LogP contribution in [0.25, 0.3) is 10.9 Å². The van der Waals surface area contributed by atoms with Crippen LogP contribution in [0.4, 0.5) is 0 Å². The molecule has 3 N–H and O–H groups in total. The molecular weight excluding hydrogens is 316 g/mol. The number of nitrogens with one attached hydrogen (secondary N) is 2. The third kappa shape index (κ3) is 3.86. The van der Waals surface area contributed by atoms with Crippen LogP contribution in [0.5, 0.6) is 5.75 Å². The number of carbonyl (C=O) groups excluding carboxylic acids is 1. The molecule has 0 saturated heterocycles. The first-order valence-corrected chi connectivity index (χ1v) is 8.60. The molecule has 0 aliphatic carbocycles. The van der Waals surface area contributed by atoms with Crippen molar-refractivity contribution >= 4 is 28.6 Å². The molecule has 1 heterocycles. The molecule has 0 spiro atoms. The van der Waals surface area contributed by atoms with Crippen LogP contribution < -0.4 is 15.5 Å². The normalized spacial score (nSPS) is 12.1. The number of rotatable bonds is 7. The molecule has 7 heteroatoms. The number of amides is 1. The molecule has 0 unspecified atom stereocenters. The first-order chi connectivity index (χ1) is 11.1. The van der Waals surface area contributed by atoms with Crippen LogP contribution in [0, 0.1) is 0 Å². The van der Waals surface area contributed by atoms with E-state index in [2.05, 4.69) is 10.3 Å². The van der Waals surface area contributed by atoms with E-state index in [1.165, 1.54) is 13.3 Å². The number of carbonyl (C=O) groups is 1. The van der Waals surface area contributed by atoms with Crippen molar-refractivity contribution in [3.8, 4) is 5.75 Å². The van der Waals surface area contributed by atoms with E-state index in [-0.39, 0.29) is 23.6 Å². The van der Waals surface area contributed by atoms with E-state index in [0.29, 0.717) is 23.1 Å². The van der Waals surface area contributed by atoms with Gasteiger partial charge >= 0.3 is 0 Å². The van der Waals surface area contributed by atoms with E-state index in [1.54, 1.807) is 30.0 Å². The minimum atomic E-state index is -0.490. The van der Waals surface area contributed by atoms with Gasteiger partial charge in [0.05, 0.1) is 30.7 Å². The summed E-state index contributed by atoms with van der Waals surface area (Å²) in [6.45, 7) is -0.161. The van der Waals surface area contributed by atoms with Crippen molar-refractivity contribution in [1.29, 1.82) is 0 Å². The minimum Gasteiger partial charge on any atom is -0.495 e. The predicted molar refractivity (Wildman–Crippen MR) is 92.5 cm³/mol. The number of benzene rings is 1. The number of thioether (sulfide) groups is 1. The van der Waals surface area contributed by atoms with E-state index in [9.17, 15) is 14.7 Å². The first-order valence-electron chi connectivity index (χ1n) is 7.21. The van der Waals surface area contributed by atoms with E-state index in [0.717, 1.165) is 5.75 Å². The van der Waals surface area contributed by atoms with Crippen LogP contribution >= 0.6 is 11.8 Å². The number of ether oxygens (including phenoxy) is 1. The number of aromatic amines is 1. The molecule has 0 radical (unpaired) electrons. The van der Waals surface area contributed by atoms with Crippen molar-refractivity contribution in [1.82, 2.24) is 10.3 Å². The number of hydrogen-bond donors (Lipinski definition) is 3. The fourth-order valence-electron chi connectivity index (χ4n) is 2.30. The minimum absolute atomic E-state index is 0.0216. The van der Waals surface area contributed by atoms with Crippen LogP contribution in [0.2, 0.25) is 0 Å². The maximum absolute atomic E-state index is 12.5. The average Bonchev–Trinajstić information content (AvgIpc) is 2.58. The molecule has 1 aromatic carbocycles. The van der Waals surface area contributed by atoms with Gasteiger partial charge in [-0.25, -0.2) is 0 Å². The molecule has 1 amide bonds. The third-order valence-corrected chi connectivity index (χ3v) is 4.21. The fraction of sp³-hybridized carbons (Fsp3) is 0.375. The van der Waals surface area contributed by atoms with E-state index in [1.807, 2.05) is 6.26 Å². The molecule has 0 bridgehead atoms. The molecule has 23 heavy (non-hydrogen) atoms. The van der Waals surface area contributed by atoms with Crippen molar-refractivity contribution < 1.29 is 14.6 Å². The first kappa shape index (κ1) is 17.4. The molecule has 0 aliphatic rings. The zero-order chi connectivity index (χ0) is 16.8. The second-order valence-electron chi connectivity index (χ2n) is 5.05. The van der Waals surface area contributed by atoms with Gasteiger partial charge < -0.3 is 20.1 Å². The van der Waals surface area contributed by atoms with Crippen LogP contribution in [0.15, 0.2) is 29.2 Å². The van der Waals surface area contributed by atoms with Gasteiger partial charge in [0.2, 0.25) is 5.43 Å². The fourth-order valence-corrected chi connectivity index (χ4v) is 2.82. The van der Waals surface area contributed by atoms with Gasteiger partial charge in [-0.2, -0.15) is 11.8 Å². The molecule has 0 saturated carbocycles. The van der Waals surface area contributed by atoms with E-state index in [4.69, 9.17) is 4.74 Å². The third-order valence-electron chi connectivity index (χ3n) is 3.57. The monoisotopic (exact) mass is 336 g/mol. The lowest BCUT2D eigenvalue weighted by Crippen LogP contribution is -2.39. The molecular formula is C16H20N2O4S. The number of methoxy groups -OCH3 is 1. The maximum Gasteiger partial charge on any atom is 0.257 e. The molecule has 6 nitrogen and oxygen atoms in total. The molecule has 2 rings (SSSR count). The van der Waals surface area contributed by atoms with Crippen LogP contribution in [0.3, 0.4) is 0 Å². The Morgan fingerprint density at radius 3 is 2.91 bits per heavy atom. The highest BCUT2D eigenvalue weighted by molar-refractivity contribution is 7.98. The standard InChI is InChI=1S/C16H20N2O4S/c1-22-13-5-3-4-11-14(13)17-8-12(15(11)20)16(21)18-10(9-19)6-7-23-2/h3-5,8,10,19H,6-7,9H2,1-2H3,(H,17,20)(H,18,21)/t10-/m0/s1. The maximum atomic E-state index is 12.5. The summed E-state index contributed by atoms with van der Waals surface area (Å²) < 4.78 is 5.20. The van der Waals surface area contributed by atoms with Gasteiger partial charge in [-0.3, -0.25) is 9.59 Å². The van der Waals surface area contributed by atoms with Gasteiger partial charge in [0.15, 0.2) is 0 Å². The quantitative estimate of drug-likeness (QED) is 0.710. The second kappa shape index (κ2) is 8.03. The van der Waals surface area contributed by atoms with Crippen molar-refractivity contribution in [3.05, 3.63) is 40.2 Å². The molecule has 0 aliphatic heterocycles. The highest BCUT2D eigenvalue weighted by Crippen LogP contribution is 2.20. The van der Waals surface area contributed by atoms with Crippen molar-refractivity contribution in [2.45, 2.75) is 12.5 Å².